The van der Waals surface area contributed by atoms with Crippen LogP contribution in [0.3, 0.4) is 0 Å². The van der Waals surface area contributed by atoms with E-state index in [0.717, 1.165) is 37.1 Å². The van der Waals surface area contributed by atoms with E-state index in [4.69, 9.17) is 37.5 Å². The van der Waals surface area contributed by atoms with E-state index in [0.29, 0.717) is 78.5 Å². The zero-order chi connectivity index (χ0) is 32.0. The second-order valence-electron chi connectivity index (χ2n) is 11.4. The molecule has 0 saturated carbocycles. The van der Waals surface area contributed by atoms with Gasteiger partial charge in [0, 0.05) is 74.4 Å². The molecule has 0 bridgehead atoms. The third kappa shape index (κ3) is 10.2. The number of hydrogen-bond acceptors (Lipinski definition) is 10. The maximum Gasteiger partial charge on any atom is 0.266 e. The van der Waals surface area contributed by atoms with Gasteiger partial charge in [-0.1, -0.05) is 23.2 Å². The maximum atomic E-state index is 11.3. The summed E-state index contributed by atoms with van der Waals surface area (Å²) in [6.45, 7) is 7.63. The molecule has 2 aliphatic rings. The number of aromatic nitrogens is 3. The fourth-order valence-corrected chi connectivity index (χ4v) is 6.52. The summed E-state index contributed by atoms with van der Waals surface area (Å²) in [5.41, 5.74) is 2.48. The lowest BCUT2D eigenvalue weighted by Crippen LogP contribution is -2.48. The Kier molecular flexibility index (Phi) is 11.1. The minimum Gasteiger partial charge on any atom is -0.436 e. The predicted octanol–water partition coefficient (Wildman–Crippen LogP) is 4.00. The number of amides is 1. The molecule has 45 heavy (non-hydrogen) atoms. The smallest absolute Gasteiger partial charge is 0.266 e. The van der Waals surface area contributed by atoms with Crippen LogP contribution in [0.2, 0.25) is 10.0 Å². The Labute approximate surface area is 273 Å². The third-order valence-corrected chi connectivity index (χ3v) is 9.07. The summed E-state index contributed by atoms with van der Waals surface area (Å²) in [6.07, 6.45) is 5.23. The Morgan fingerprint density at radius 3 is 2.27 bits per heavy atom. The normalized spacial score (nSPS) is 16.9. The van der Waals surface area contributed by atoms with Gasteiger partial charge in [0.2, 0.25) is 17.7 Å². The van der Waals surface area contributed by atoms with E-state index in [2.05, 4.69) is 20.2 Å². The summed E-state index contributed by atoms with van der Waals surface area (Å²) in [6, 6.07) is 9.25. The summed E-state index contributed by atoms with van der Waals surface area (Å²) in [7, 11) is -3.98. The molecule has 2 N–H and O–H groups in total. The van der Waals surface area contributed by atoms with Crippen LogP contribution < -0.4 is 15.0 Å². The second kappa shape index (κ2) is 15.0. The molecule has 5 rings (SSSR count). The van der Waals surface area contributed by atoms with Crippen molar-refractivity contribution in [2.24, 2.45) is 5.92 Å². The van der Waals surface area contributed by atoms with Crippen molar-refractivity contribution in [3.05, 3.63) is 58.3 Å². The summed E-state index contributed by atoms with van der Waals surface area (Å²) in [5.74, 6) is 1.57. The van der Waals surface area contributed by atoms with Gasteiger partial charge in [0.1, 0.15) is 0 Å². The molecule has 2 saturated heterocycles. The van der Waals surface area contributed by atoms with Crippen LogP contribution in [0.1, 0.15) is 25.3 Å². The molecule has 1 aromatic carbocycles. The van der Waals surface area contributed by atoms with Crippen molar-refractivity contribution in [3.8, 4) is 22.9 Å². The number of hydrogen-bond donors (Lipinski definition) is 2. The molecular weight excluding hydrogens is 641 g/mol. The van der Waals surface area contributed by atoms with E-state index in [1.54, 1.807) is 25.4 Å². The number of piperazine rings is 1. The van der Waals surface area contributed by atoms with E-state index >= 15 is 0 Å². The first-order valence-electron chi connectivity index (χ1n) is 14.9. The molecule has 0 spiro atoms. The summed E-state index contributed by atoms with van der Waals surface area (Å²) < 4.78 is 37.3. The molecule has 1 amide bonds. The Hall–Kier alpha value is -3.07. The highest BCUT2D eigenvalue weighted by atomic mass is 35.5. The molecule has 0 aliphatic carbocycles. The molecular formula is C30H37Cl2N7O5S. The number of halogens is 2. The highest BCUT2D eigenvalue weighted by Crippen LogP contribution is 2.31. The monoisotopic (exact) mass is 677 g/mol. The number of ether oxygens (including phenoxy) is 1. The number of rotatable bonds is 11. The van der Waals surface area contributed by atoms with Crippen LogP contribution >= 0.6 is 23.2 Å². The largest absolute Gasteiger partial charge is 0.436 e. The van der Waals surface area contributed by atoms with Crippen molar-refractivity contribution in [3.63, 3.8) is 0 Å². The first-order valence-corrected chi connectivity index (χ1v) is 17.2. The zero-order valence-corrected chi connectivity index (χ0v) is 27.4. The SMILES string of the molecule is CC(=O)NCC1CCN(Cc2cc(Oc3cnc(N4CCN(CCS(=O)(=O)O)CC4)nc3)nc(-c3cc(Cl)cc(Cl)c3)c2)CC1. The number of carbonyl (C=O) groups excluding carboxylic acids is 1. The first kappa shape index (κ1) is 33.3. The van der Waals surface area contributed by atoms with Crippen molar-refractivity contribution >= 4 is 45.2 Å². The standard InChI is InChI=1S/C30H37Cl2N7O5S/c1-21(40)33-17-22-2-4-38(5-3-22)20-23-12-28(24-14-25(31)16-26(32)15-24)36-29(13-23)44-27-18-34-30(35-19-27)39-8-6-37(7-9-39)10-11-45(41,42)43/h12-16,18-19,22H,2-11,17,20H2,1H3,(H,33,40)(H,41,42,43). The van der Waals surface area contributed by atoms with Gasteiger partial charge in [-0.2, -0.15) is 8.42 Å². The lowest BCUT2D eigenvalue weighted by molar-refractivity contribution is -0.119. The Morgan fingerprint density at radius 2 is 1.64 bits per heavy atom. The van der Waals surface area contributed by atoms with Crippen molar-refractivity contribution < 1.29 is 22.5 Å². The van der Waals surface area contributed by atoms with Crippen LogP contribution in [0.15, 0.2) is 42.7 Å². The van der Waals surface area contributed by atoms with Gasteiger partial charge >= 0.3 is 0 Å². The van der Waals surface area contributed by atoms with Gasteiger partial charge in [0.05, 0.1) is 23.8 Å². The zero-order valence-electron chi connectivity index (χ0n) is 25.0. The van der Waals surface area contributed by atoms with Gasteiger partial charge < -0.3 is 15.0 Å². The Bertz CT molecular complexity index is 1560. The average molecular weight is 679 g/mol. The van der Waals surface area contributed by atoms with Gasteiger partial charge in [0.15, 0.2) is 5.75 Å². The molecule has 0 unspecified atom stereocenters. The number of nitrogens with one attached hydrogen (secondary N) is 1. The summed E-state index contributed by atoms with van der Waals surface area (Å²) >= 11 is 12.6. The van der Waals surface area contributed by atoms with Crippen LogP contribution in [0, 0.1) is 5.92 Å². The topological polar surface area (TPSA) is 141 Å². The van der Waals surface area contributed by atoms with Crippen LogP contribution in [0.4, 0.5) is 5.95 Å². The maximum absolute atomic E-state index is 11.3. The lowest BCUT2D eigenvalue weighted by atomic mass is 9.96. The molecule has 15 heteroatoms. The molecule has 0 radical (unpaired) electrons. The fourth-order valence-electron chi connectivity index (χ4n) is 5.51. The molecule has 4 heterocycles. The number of piperidine rings is 1. The second-order valence-corrected chi connectivity index (χ2v) is 13.9. The van der Waals surface area contributed by atoms with Crippen LogP contribution in [0.25, 0.3) is 11.3 Å². The number of carbonyl (C=O) groups is 1. The molecule has 12 nitrogen and oxygen atoms in total. The molecule has 3 aromatic rings. The third-order valence-electron chi connectivity index (χ3n) is 7.93. The van der Waals surface area contributed by atoms with E-state index in [-0.39, 0.29) is 18.2 Å². The van der Waals surface area contributed by atoms with Gasteiger partial charge in [-0.3, -0.25) is 19.1 Å². The van der Waals surface area contributed by atoms with Crippen molar-refractivity contribution in [2.45, 2.75) is 26.3 Å². The van der Waals surface area contributed by atoms with Crippen molar-refractivity contribution in [2.75, 3.05) is 63.0 Å². The highest BCUT2D eigenvalue weighted by molar-refractivity contribution is 7.85. The van der Waals surface area contributed by atoms with E-state index < -0.39 is 10.1 Å². The van der Waals surface area contributed by atoms with Crippen molar-refractivity contribution in [1.29, 1.82) is 0 Å². The number of benzene rings is 1. The molecule has 0 atom stereocenters. The minimum absolute atomic E-state index is 0.00441. The molecule has 242 valence electrons. The number of nitrogens with zero attached hydrogens (tertiary/aromatic N) is 6. The van der Waals surface area contributed by atoms with Gasteiger partial charge in [-0.05, 0) is 61.7 Å². The van der Waals surface area contributed by atoms with Gasteiger partial charge in [0.25, 0.3) is 10.1 Å². The van der Waals surface area contributed by atoms with Crippen LogP contribution in [0.5, 0.6) is 11.6 Å². The van der Waals surface area contributed by atoms with Crippen molar-refractivity contribution in [1.82, 2.24) is 30.1 Å². The summed E-state index contributed by atoms with van der Waals surface area (Å²) in [4.78, 5) is 31.4. The highest BCUT2D eigenvalue weighted by Gasteiger charge is 2.22. The number of likely N-dealkylation sites (tertiary alicyclic amines) is 1. The molecule has 2 fully saturated rings. The molecule has 2 aromatic heterocycles. The summed E-state index contributed by atoms with van der Waals surface area (Å²) in [5, 5.41) is 3.96. The minimum atomic E-state index is -3.98. The Morgan fingerprint density at radius 1 is 0.978 bits per heavy atom. The number of anilines is 1. The predicted molar refractivity (Wildman–Crippen MR) is 174 cm³/mol. The van der Waals surface area contributed by atoms with E-state index in [1.807, 2.05) is 34.1 Å². The molecule has 2 aliphatic heterocycles. The Balaban J connectivity index is 1.26. The van der Waals surface area contributed by atoms with Gasteiger partial charge in [-0.25, -0.2) is 15.0 Å². The fraction of sp³-hybridized carbons (Fsp3) is 0.467. The quantitative estimate of drug-likeness (QED) is 0.285. The average Bonchev–Trinajstić information content (AvgIpc) is 2.99. The van der Waals surface area contributed by atoms with Crippen LogP contribution in [-0.4, -0.2) is 102 Å². The lowest BCUT2D eigenvalue weighted by Gasteiger charge is -2.34. The van der Waals surface area contributed by atoms with Gasteiger partial charge in [-0.15, -0.1) is 0 Å². The van der Waals surface area contributed by atoms with Crippen LogP contribution in [-0.2, 0) is 21.5 Å². The first-order chi connectivity index (χ1) is 21.5. The van der Waals surface area contributed by atoms with E-state index in [9.17, 15) is 13.2 Å². The van der Waals surface area contributed by atoms with E-state index in [1.165, 1.54) is 0 Å². The number of pyridine rings is 1.